The zero-order valence-electron chi connectivity index (χ0n) is 15.7. The second-order valence-corrected chi connectivity index (χ2v) is 8.13. The van der Waals surface area contributed by atoms with Gasteiger partial charge in [-0.2, -0.15) is 0 Å². The Labute approximate surface area is 167 Å². The molecule has 1 N–H and O–H groups in total. The third-order valence-electron chi connectivity index (χ3n) is 5.39. The van der Waals surface area contributed by atoms with Gasteiger partial charge >= 0.3 is 0 Å². The van der Waals surface area contributed by atoms with E-state index < -0.39 is 11.9 Å². The van der Waals surface area contributed by atoms with Crippen molar-refractivity contribution < 1.29 is 14.4 Å². The van der Waals surface area contributed by atoms with Crippen molar-refractivity contribution >= 4 is 34.2 Å². The molecule has 0 bridgehead atoms. The number of nitrogens with one attached hydrogen (secondary N) is 1. The summed E-state index contributed by atoms with van der Waals surface area (Å²) < 4.78 is 0. The Morgan fingerprint density at radius 1 is 1.14 bits per heavy atom. The largest absolute Gasteiger partial charge is 0.300 e. The van der Waals surface area contributed by atoms with Crippen LogP contribution < -0.4 is 5.32 Å². The molecular formula is C21H21N3O3S. The van der Waals surface area contributed by atoms with Crippen molar-refractivity contribution in [3.05, 3.63) is 47.4 Å². The Morgan fingerprint density at radius 3 is 2.36 bits per heavy atom. The molecule has 1 saturated heterocycles. The molecule has 28 heavy (non-hydrogen) atoms. The Balaban J connectivity index is 1.46. The highest BCUT2D eigenvalue weighted by Crippen LogP contribution is 2.36. The number of allylic oxidation sites excluding steroid dienone is 2. The van der Waals surface area contributed by atoms with Gasteiger partial charge in [-0.05, 0) is 26.7 Å². The predicted octanol–water partition coefficient (Wildman–Crippen LogP) is 3.40. The number of carbonyl (C=O) groups excluding carboxylic acids is 3. The van der Waals surface area contributed by atoms with E-state index in [9.17, 15) is 14.4 Å². The van der Waals surface area contributed by atoms with Gasteiger partial charge in [-0.15, -0.1) is 11.3 Å². The first kappa shape index (κ1) is 18.6. The van der Waals surface area contributed by atoms with E-state index in [-0.39, 0.29) is 23.7 Å². The fourth-order valence-corrected chi connectivity index (χ4v) is 4.45. The smallest absolute Gasteiger partial charge is 0.249 e. The molecule has 2 aromatic rings. The van der Waals surface area contributed by atoms with Crippen molar-refractivity contribution in [2.45, 2.75) is 32.7 Å². The van der Waals surface area contributed by atoms with Crippen molar-refractivity contribution in [3.63, 3.8) is 0 Å². The average molecular weight is 395 g/mol. The molecule has 3 atom stereocenters. The lowest BCUT2D eigenvalue weighted by Crippen LogP contribution is -2.46. The van der Waals surface area contributed by atoms with E-state index in [0.29, 0.717) is 18.0 Å². The van der Waals surface area contributed by atoms with Gasteiger partial charge in [0.15, 0.2) is 5.13 Å². The Kier molecular flexibility index (Phi) is 4.85. The normalized spacial score (nSPS) is 22.3. The average Bonchev–Trinajstić information content (AvgIpc) is 3.25. The molecule has 2 aliphatic rings. The lowest BCUT2D eigenvalue weighted by atomic mass is 9.85. The number of amides is 3. The monoisotopic (exact) mass is 395 g/mol. The third-order valence-corrected chi connectivity index (χ3v) is 6.15. The minimum atomic E-state index is -0.864. The molecule has 0 saturated carbocycles. The van der Waals surface area contributed by atoms with E-state index in [1.807, 2.05) is 48.7 Å². The van der Waals surface area contributed by atoms with Gasteiger partial charge in [0.1, 0.15) is 6.04 Å². The highest BCUT2D eigenvalue weighted by atomic mass is 32.1. The van der Waals surface area contributed by atoms with Crippen LogP contribution in [0.3, 0.4) is 0 Å². The fourth-order valence-electron chi connectivity index (χ4n) is 3.72. The summed E-state index contributed by atoms with van der Waals surface area (Å²) in [6.07, 6.45) is 4.99. The number of anilines is 1. The standard InChI is InChI=1S/C21H21N3O3S/c1-12-7-9-14(10-8-12)17-11-28-21(22-17)23-18(25)13(2)24-19(26)15-5-3-4-6-16(15)20(24)27/h3-4,7-11,13,15-16H,5-6H2,1-2H3,(H,22,23,25)/t13-,15+,16+/m0/s1. The highest BCUT2D eigenvalue weighted by Gasteiger charge is 2.50. The molecule has 144 valence electrons. The molecule has 3 amide bonds. The predicted molar refractivity (Wildman–Crippen MR) is 108 cm³/mol. The van der Waals surface area contributed by atoms with Gasteiger partial charge in [-0.1, -0.05) is 42.0 Å². The number of hydrogen-bond donors (Lipinski definition) is 1. The quantitative estimate of drug-likeness (QED) is 0.636. The fraction of sp³-hybridized carbons (Fsp3) is 0.333. The number of rotatable bonds is 4. The molecule has 4 rings (SSSR count). The van der Waals surface area contributed by atoms with Crippen molar-refractivity contribution in [2.75, 3.05) is 5.32 Å². The number of imide groups is 1. The number of fused-ring (bicyclic) bond motifs is 1. The van der Waals surface area contributed by atoms with Crippen LogP contribution in [0.15, 0.2) is 41.8 Å². The maximum Gasteiger partial charge on any atom is 0.249 e. The van der Waals surface area contributed by atoms with Crippen LogP contribution in [0.4, 0.5) is 5.13 Å². The number of hydrogen-bond acceptors (Lipinski definition) is 5. The lowest BCUT2D eigenvalue weighted by molar-refractivity contribution is -0.146. The van der Waals surface area contributed by atoms with Crippen LogP contribution in [-0.4, -0.2) is 33.6 Å². The number of aromatic nitrogens is 1. The summed E-state index contributed by atoms with van der Waals surface area (Å²) in [5, 5.41) is 5.07. The molecule has 0 radical (unpaired) electrons. The van der Waals surface area contributed by atoms with Crippen LogP contribution in [0.25, 0.3) is 11.3 Å². The zero-order valence-corrected chi connectivity index (χ0v) is 16.5. The lowest BCUT2D eigenvalue weighted by Gasteiger charge is -2.21. The highest BCUT2D eigenvalue weighted by molar-refractivity contribution is 7.14. The van der Waals surface area contributed by atoms with Crippen LogP contribution in [0, 0.1) is 18.8 Å². The Morgan fingerprint density at radius 2 is 1.75 bits per heavy atom. The zero-order chi connectivity index (χ0) is 19.8. The molecule has 1 aromatic heterocycles. The van der Waals surface area contributed by atoms with Gasteiger partial charge in [0.2, 0.25) is 17.7 Å². The maximum atomic E-state index is 12.7. The second kappa shape index (κ2) is 7.31. The van der Waals surface area contributed by atoms with Crippen LogP contribution >= 0.6 is 11.3 Å². The maximum absolute atomic E-state index is 12.7. The number of carbonyl (C=O) groups is 3. The second-order valence-electron chi connectivity index (χ2n) is 7.27. The Bertz CT molecular complexity index is 938. The molecule has 1 fully saturated rings. The summed E-state index contributed by atoms with van der Waals surface area (Å²) in [6, 6.07) is 7.12. The van der Waals surface area contributed by atoms with E-state index in [1.54, 1.807) is 6.92 Å². The van der Waals surface area contributed by atoms with E-state index >= 15 is 0 Å². The summed E-state index contributed by atoms with van der Waals surface area (Å²) in [4.78, 5) is 43.6. The molecule has 6 nitrogen and oxygen atoms in total. The van der Waals surface area contributed by atoms with E-state index in [2.05, 4.69) is 10.3 Å². The summed E-state index contributed by atoms with van der Waals surface area (Å²) in [6.45, 7) is 3.61. The van der Waals surface area contributed by atoms with E-state index in [0.717, 1.165) is 21.7 Å². The summed E-state index contributed by atoms with van der Waals surface area (Å²) in [7, 11) is 0. The first-order valence-corrected chi connectivity index (χ1v) is 10.2. The molecule has 2 heterocycles. The van der Waals surface area contributed by atoms with Crippen molar-refractivity contribution in [3.8, 4) is 11.3 Å². The van der Waals surface area contributed by atoms with E-state index in [4.69, 9.17) is 0 Å². The molecular weight excluding hydrogens is 374 g/mol. The molecule has 0 spiro atoms. The van der Waals surface area contributed by atoms with Crippen LogP contribution in [0.5, 0.6) is 0 Å². The van der Waals surface area contributed by atoms with Crippen molar-refractivity contribution in [1.82, 2.24) is 9.88 Å². The first-order chi connectivity index (χ1) is 13.5. The van der Waals surface area contributed by atoms with Gasteiger partial charge < -0.3 is 5.32 Å². The van der Waals surface area contributed by atoms with Gasteiger partial charge in [0.25, 0.3) is 0 Å². The van der Waals surface area contributed by atoms with Crippen molar-refractivity contribution in [2.24, 2.45) is 11.8 Å². The van der Waals surface area contributed by atoms with Crippen LogP contribution in [-0.2, 0) is 14.4 Å². The third kappa shape index (κ3) is 3.26. The Hall–Kier alpha value is -2.80. The first-order valence-electron chi connectivity index (χ1n) is 9.31. The van der Waals surface area contributed by atoms with Gasteiger partial charge in [-0.3, -0.25) is 19.3 Å². The minimum Gasteiger partial charge on any atom is -0.300 e. The van der Waals surface area contributed by atoms with Crippen LogP contribution in [0.1, 0.15) is 25.3 Å². The van der Waals surface area contributed by atoms with E-state index in [1.165, 1.54) is 11.3 Å². The number of likely N-dealkylation sites (tertiary alicyclic amines) is 1. The number of aryl methyl sites for hydroxylation is 1. The summed E-state index contributed by atoms with van der Waals surface area (Å²) in [5.74, 6) is -1.57. The number of thiazole rings is 1. The molecule has 1 aliphatic carbocycles. The van der Waals surface area contributed by atoms with Gasteiger partial charge in [0.05, 0.1) is 17.5 Å². The number of benzene rings is 1. The molecule has 1 aliphatic heterocycles. The summed E-state index contributed by atoms with van der Waals surface area (Å²) in [5.41, 5.74) is 2.91. The SMILES string of the molecule is Cc1ccc(-c2csc(NC(=O)[C@H](C)N3C(=O)[C@@H]4CC=CC[C@H]4C3=O)n2)cc1. The van der Waals surface area contributed by atoms with Gasteiger partial charge in [-0.25, -0.2) is 4.98 Å². The molecule has 7 heteroatoms. The molecule has 1 aromatic carbocycles. The summed E-state index contributed by atoms with van der Waals surface area (Å²) >= 11 is 1.32. The topological polar surface area (TPSA) is 79.4 Å². The van der Waals surface area contributed by atoms with Crippen LogP contribution in [0.2, 0.25) is 0 Å². The van der Waals surface area contributed by atoms with Crippen molar-refractivity contribution in [1.29, 1.82) is 0 Å². The minimum absolute atomic E-state index is 0.249. The molecule has 0 unspecified atom stereocenters. The van der Waals surface area contributed by atoms with Gasteiger partial charge in [0, 0.05) is 10.9 Å². The number of nitrogens with zero attached hydrogens (tertiary/aromatic N) is 2.